The van der Waals surface area contributed by atoms with E-state index in [1.165, 1.54) is 5.56 Å². The fourth-order valence-corrected chi connectivity index (χ4v) is 1.60. The Kier molecular flexibility index (Phi) is 3.62. The maximum Gasteiger partial charge on any atom is 0.127 e. The zero-order chi connectivity index (χ0) is 12.1. The molecular weight excluding hydrogens is 212 g/mol. The second-order valence-electron chi connectivity index (χ2n) is 3.86. The van der Waals surface area contributed by atoms with Gasteiger partial charge in [0.15, 0.2) is 0 Å². The van der Waals surface area contributed by atoms with Crippen molar-refractivity contribution in [2.45, 2.75) is 6.42 Å². The number of rotatable bonds is 4. The average Bonchev–Trinajstić information content (AvgIpc) is 2.33. The van der Waals surface area contributed by atoms with Gasteiger partial charge in [0.25, 0.3) is 0 Å². The maximum absolute atomic E-state index is 5.72. The van der Waals surface area contributed by atoms with Crippen LogP contribution < -0.4 is 16.2 Å². The van der Waals surface area contributed by atoms with Crippen LogP contribution in [0.2, 0.25) is 0 Å². The van der Waals surface area contributed by atoms with Gasteiger partial charge in [-0.2, -0.15) is 0 Å². The van der Waals surface area contributed by atoms with Gasteiger partial charge in [-0.1, -0.05) is 12.1 Å². The van der Waals surface area contributed by atoms with Gasteiger partial charge in [-0.25, -0.2) is 0 Å². The molecule has 3 nitrogen and oxygen atoms in total. The monoisotopic (exact) mass is 228 g/mol. The first-order valence-electron chi connectivity index (χ1n) is 5.60. The van der Waals surface area contributed by atoms with Crippen molar-refractivity contribution < 1.29 is 4.74 Å². The van der Waals surface area contributed by atoms with Crippen LogP contribution in [0.15, 0.2) is 48.5 Å². The first kappa shape index (κ1) is 11.5. The molecule has 17 heavy (non-hydrogen) atoms. The van der Waals surface area contributed by atoms with Crippen LogP contribution in [0.3, 0.4) is 0 Å². The minimum atomic E-state index is 0.644. The van der Waals surface area contributed by atoms with E-state index in [9.17, 15) is 0 Å². The molecule has 0 spiro atoms. The number of nitrogen functional groups attached to an aromatic ring is 1. The van der Waals surface area contributed by atoms with Gasteiger partial charge in [0.05, 0.1) is 0 Å². The molecule has 4 N–H and O–H groups in total. The van der Waals surface area contributed by atoms with Gasteiger partial charge in [0, 0.05) is 5.69 Å². The highest BCUT2D eigenvalue weighted by Crippen LogP contribution is 2.23. The van der Waals surface area contributed by atoms with Crippen molar-refractivity contribution >= 4 is 5.69 Å². The van der Waals surface area contributed by atoms with Crippen LogP contribution in [0.1, 0.15) is 5.56 Å². The van der Waals surface area contributed by atoms with Crippen molar-refractivity contribution in [1.29, 1.82) is 0 Å². The summed E-state index contributed by atoms with van der Waals surface area (Å²) in [6, 6.07) is 15.3. The lowest BCUT2D eigenvalue weighted by Gasteiger charge is -2.07. The van der Waals surface area contributed by atoms with Gasteiger partial charge in [0.2, 0.25) is 0 Å². The SMILES string of the molecule is NCCc1cccc(Oc2ccc(N)cc2)c1. The quantitative estimate of drug-likeness (QED) is 0.790. The summed E-state index contributed by atoms with van der Waals surface area (Å²) in [5, 5.41) is 0. The Balaban J connectivity index is 2.12. The second-order valence-corrected chi connectivity index (χ2v) is 3.86. The lowest BCUT2D eigenvalue weighted by molar-refractivity contribution is 0.482. The fraction of sp³-hybridized carbons (Fsp3) is 0.143. The first-order valence-corrected chi connectivity index (χ1v) is 5.60. The van der Waals surface area contributed by atoms with Crippen LogP contribution >= 0.6 is 0 Å². The van der Waals surface area contributed by atoms with Crippen LogP contribution in [0.5, 0.6) is 11.5 Å². The summed E-state index contributed by atoms with van der Waals surface area (Å²) in [6.45, 7) is 0.644. The Morgan fingerprint density at radius 3 is 2.41 bits per heavy atom. The first-order chi connectivity index (χ1) is 8.28. The molecule has 0 bridgehead atoms. The molecule has 0 aliphatic rings. The van der Waals surface area contributed by atoms with E-state index >= 15 is 0 Å². The highest BCUT2D eigenvalue weighted by atomic mass is 16.5. The molecule has 0 heterocycles. The van der Waals surface area contributed by atoms with Gasteiger partial charge < -0.3 is 16.2 Å². The van der Waals surface area contributed by atoms with Gasteiger partial charge >= 0.3 is 0 Å². The third kappa shape index (κ3) is 3.23. The zero-order valence-corrected chi connectivity index (χ0v) is 9.60. The van der Waals surface area contributed by atoms with Crippen molar-refractivity contribution in [3.05, 3.63) is 54.1 Å². The molecule has 0 aliphatic heterocycles. The molecular formula is C14H16N2O. The second kappa shape index (κ2) is 5.37. The minimum Gasteiger partial charge on any atom is -0.457 e. The zero-order valence-electron chi connectivity index (χ0n) is 9.60. The van der Waals surface area contributed by atoms with Crippen molar-refractivity contribution in [2.75, 3.05) is 12.3 Å². The van der Waals surface area contributed by atoms with Crippen LogP contribution in [0.4, 0.5) is 5.69 Å². The predicted molar refractivity (Wildman–Crippen MR) is 70.1 cm³/mol. The van der Waals surface area contributed by atoms with Crippen molar-refractivity contribution in [3.8, 4) is 11.5 Å². The standard InChI is InChI=1S/C14H16N2O/c15-9-8-11-2-1-3-14(10-11)17-13-6-4-12(16)5-7-13/h1-7,10H,8-9,15-16H2. The molecule has 0 amide bonds. The maximum atomic E-state index is 5.72. The van der Waals surface area contributed by atoms with Crippen LogP contribution in [0, 0.1) is 0 Å². The summed E-state index contributed by atoms with van der Waals surface area (Å²) in [7, 11) is 0. The molecule has 2 aromatic carbocycles. The number of benzene rings is 2. The van der Waals surface area contributed by atoms with Gasteiger partial charge in [-0.15, -0.1) is 0 Å². The third-order valence-electron chi connectivity index (χ3n) is 2.45. The molecule has 0 atom stereocenters. The van der Waals surface area contributed by atoms with Crippen molar-refractivity contribution in [2.24, 2.45) is 5.73 Å². The molecule has 88 valence electrons. The molecule has 0 radical (unpaired) electrons. The molecule has 0 saturated carbocycles. The van der Waals surface area contributed by atoms with Crippen molar-refractivity contribution in [1.82, 2.24) is 0 Å². The van der Waals surface area contributed by atoms with Crippen LogP contribution in [0.25, 0.3) is 0 Å². The summed E-state index contributed by atoms with van der Waals surface area (Å²) in [5.41, 5.74) is 13.1. The molecule has 0 unspecified atom stereocenters. The number of hydrogen-bond donors (Lipinski definition) is 2. The summed E-state index contributed by atoms with van der Waals surface area (Å²) >= 11 is 0. The van der Waals surface area contributed by atoms with Crippen LogP contribution in [-0.2, 0) is 6.42 Å². The lowest BCUT2D eigenvalue weighted by atomic mass is 10.1. The normalized spacial score (nSPS) is 10.2. The van der Waals surface area contributed by atoms with E-state index in [0.717, 1.165) is 23.6 Å². The Labute approximate surface area is 101 Å². The minimum absolute atomic E-state index is 0.644. The van der Waals surface area contributed by atoms with E-state index in [-0.39, 0.29) is 0 Å². The lowest BCUT2D eigenvalue weighted by Crippen LogP contribution is -2.02. The fourth-order valence-electron chi connectivity index (χ4n) is 1.60. The molecule has 0 aliphatic carbocycles. The molecule has 0 aromatic heterocycles. The smallest absolute Gasteiger partial charge is 0.127 e. The van der Waals surface area contributed by atoms with Crippen LogP contribution in [-0.4, -0.2) is 6.54 Å². The van der Waals surface area contributed by atoms with Gasteiger partial charge in [-0.05, 0) is 54.9 Å². The third-order valence-corrected chi connectivity index (χ3v) is 2.45. The molecule has 0 saturated heterocycles. The van der Waals surface area contributed by atoms with E-state index in [4.69, 9.17) is 16.2 Å². The average molecular weight is 228 g/mol. The van der Waals surface area contributed by atoms with E-state index in [2.05, 4.69) is 0 Å². The Bertz CT molecular complexity index is 480. The largest absolute Gasteiger partial charge is 0.457 e. The summed E-state index contributed by atoms with van der Waals surface area (Å²) < 4.78 is 5.72. The molecule has 3 heteroatoms. The molecule has 2 rings (SSSR count). The predicted octanol–water partition coefficient (Wildman–Crippen LogP) is 2.56. The Hall–Kier alpha value is -2.00. The van der Waals surface area contributed by atoms with E-state index < -0.39 is 0 Å². The highest BCUT2D eigenvalue weighted by Gasteiger charge is 1.98. The number of anilines is 1. The van der Waals surface area contributed by atoms with E-state index in [0.29, 0.717) is 6.54 Å². The molecule has 0 fully saturated rings. The van der Waals surface area contributed by atoms with E-state index in [1.54, 1.807) is 0 Å². The number of nitrogens with two attached hydrogens (primary N) is 2. The summed E-state index contributed by atoms with van der Waals surface area (Å²) in [5.74, 6) is 1.60. The Morgan fingerprint density at radius 2 is 1.71 bits per heavy atom. The summed E-state index contributed by atoms with van der Waals surface area (Å²) in [6.07, 6.45) is 0.860. The number of hydrogen-bond acceptors (Lipinski definition) is 3. The topological polar surface area (TPSA) is 61.3 Å². The molecule has 2 aromatic rings. The summed E-state index contributed by atoms with van der Waals surface area (Å²) in [4.78, 5) is 0. The van der Waals surface area contributed by atoms with E-state index in [1.807, 2.05) is 48.5 Å². The Morgan fingerprint density at radius 1 is 0.941 bits per heavy atom. The highest BCUT2D eigenvalue weighted by molar-refractivity contribution is 5.43. The van der Waals surface area contributed by atoms with Gasteiger partial charge in [-0.3, -0.25) is 0 Å². The number of ether oxygens (including phenoxy) is 1. The van der Waals surface area contributed by atoms with Crippen molar-refractivity contribution in [3.63, 3.8) is 0 Å². The van der Waals surface area contributed by atoms with Gasteiger partial charge in [0.1, 0.15) is 11.5 Å².